The van der Waals surface area contributed by atoms with Gasteiger partial charge in [-0.3, -0.25) is 9.69 Å². The number of amides is 1. The zero-order valence-electron chi connectivity index (χ0n) is 16.9. The quantitative estimate of drug-likeness (QED) is 0.671. The predicted octanol–water partition coefficient (Wildman–Crippen LogP) is 3.71. The SMILES string of the molecule is O=C(CCc1ccc2ccccc2c1)NCCN1CCN(c2ccccc2)CC1. The first-order chi connectivity index (χ1) is 14.3. The molecule has 0 radical (unpaired) electrons. The molecule has 4 heteroatoms. The third kappa shape index (κ3) is 5.36. The number of rotatable bonds is 7. The van der Waals surface area contributed by atoms with Crippen molar-refractivity contribution < 1.29 is 4.79 Å². The van der Waals surface area contributed by atoms with Crippen molar-refractivity contribution in [2.75, 3.05) is 44.2 Å². The Hall–Kier alpha value is -2.85. The number of para-hydroxylation sites is 1. The molecule has 1 fully saturated rings. The van der Waals surface area contributed by atoms with Crippen molar-refractivity contribution in [3.63, 3.8) is 0 Å². The van der Waals surface area contributed by atoms with Gasteiger partial charge in [0, 0.05) is 51.4 Å². The van der Waals surface area contributed by atoms with Gasteiger partial charge in [-0.15, -0.1) is 0 Å². The van der Waals surface area contributed by atoms with E-state index >= 15 is 0 Å². The average molecular weight is 388 g/mol. The molecule has 0 aromatic heterocycles. The lowest BCUT2D eigenvalue weighted by Crippen LogP contribution is -2.48. The summed E-state index contributed by atoms with van der Waals surface area (Å²) >= 11 is 0. The van der Waals surface area contributed by atoms with Gasteiger partial charge < -0.3 is 10.2 Å². The van der Waals surface area contributed by atoms with E-state index in [4.69, 9.17) is 0 Å². The topological polar surface area (TPSA) is 35.6 Å². The van der Waals surface area contributed by atoms with E-state index in [0.29, 0.717) is 6.42 Å². The smallest absolute Gasteiger partial charge is 0.220 e. The van der Waals surface area contributed by atoms with Crippen LogP contribution in [-0.4, -0.2) is 50.1 Å². The van der Waals surface area contributed by atoms with Gasteiger partial charge in [0.25, 0.3) is 0 Å². The fourth-order valence-electron chi connectivity index (χ4n) is 3.96. The van der Waals surface area contributed by atoms with Crippen LogP contribution in [0.2, 0.25) is 0 Å². The molecule has 1 amide bonds. The Morgan fingerprint density at radius 2 is 1.55 bits per heavy atom. The minimum absolute atomic E-state index is 0.140. The number of fused-ring (bicyclic) bond motifs is 1. The number of carbonyl (C=O) groups is 1. The predicted molar refractivity (Wildman–Crippen MR) is 120 cm³/mol. The van der Waals surface area contributed by atoms with Crippen LogP contribution in [0.25, 0.3) is 10.8 Å². The minimum Gasteiger partial charge on any atom is -0.369 e. The number of anilines is 1. The maximum Gasteiger partial charge on any atom is 0.220 e. The first-order valence-electron chi connectivity index (χ1n) is 10.5. The second-order valence-electron chi connectivity index (χ2n) is 7.70. The Morgan fingerprint density at radius 3 is 2.34 bits per heavy atom. The summed E-state index contributed by atoms with van der Waals surface area (Å²) in [5.74, 6) is 0.140. The largest absolute Gasteiger partial charge is 0.369 e. The van der Waals surface area contributed by atoms with E-state index in [1.54, 1.807) is 0 Å². The van der Waals surface area contributed by atoms with Crippen LogP contribution in [0.4, 0.5) is 5.69 Å². The maximum atomic E-state index is 12.2. The van der Waals surface area contributed by atoms with Crippen LogP contribution in [0.5, 0.6) is 0 Å². The van der Waals surface area contributed by atoms with Gasteiger partial charge in [0.15, 0.2) is 0 Å². The third-order valence-corrected chi connectivity index (χ3v) is 5.70. The summed E-state index contributed by atoms with van der Waals surface area (Å²) in [6, 6.07) is 25.4. The Bertz CT molecular complexity index is 933. The molecule has 0 unspecified atom stereocenters. The summed E-state index contributed by atoms with van der Waals surface area (Å²) in [6.07, 6.45) is 1.33. The van der Waals surface area contributed by atoms with E-state index in [1.165, 1.54) is 22.0 Å². The van der Waals surface area contributed by atoms with Crippen LogP contribution in [-0.2, 0) is 11.2 Å². The molecule has 4 rings (SSSR count). The number of benzene rings is 3. The Kier molecular flexibility index (Phi) is 6.42. The van der Waals surface area contributed by atoms with E-state index in [9.17, 15) is 4.79 Å². The summed E-state index contributed by atoms with van der Waals surface area (Å²) < 4.78 is 0. The molecule has 1 saturated heterocycles. The van der Waals surface area contributed by atoms with Crippen molar-refractivity contribution in [1.29, 1.82) is 0 Å². The molecule has 0 atom stereocenters. The molecule has 150 valence electrons. The Morgan fingerprint density at radius 1 is 0.828 bits per heavy atom. The summed E-state index contributed by atoms with van der Waals surface area (Å²) in [6.45, 7) is 5.82. The fraction of sp³-hybridized carbons (Fsp3) is 0.320. The molecule has 1 aliphatic rings. The van der Waals surface area contributed by atoms with Crippen LogP contribution < -0.4 is 10.2 Å². The summed E-state index contributed by atoms with van der Waals surface area (Å²) in [5, 5.41) is 5.57. The average Bonchev–Trinajstić information content (AvgIpc) is 2.78. The number of aryl methyl sites for hydroxylation is 1. The molecular formula is C25H29N3O. The number of hydrogen-bond donors (Lipinski definition) is 1. The molecule has 3 aromatic carbocycles. The van der Waals surface area contributed by atoms with Crippen molar-refractivity contribution in [2.45, 2.75) is 12.8 Å². The number of hydrogen-bond acceptors (Lipinski definition) is 3. The Labute approximate surface area is 173 Å². The third-order valence-electron chi connectivity index (χ3n) is 5.70. The van der Waals surface area contributed by atoms with E-state index in [2.05, 4.69) is 87.9 Å². The lowest BCUT2D eigenvalue weighted by molar-refractivity contribution is -0.121. The second kappa shape index (κ2) is 9.57. The zero-order valence-corrected chi connectivity index (χ0v) is 16.9. The van der Waals surface area contributed by atoms with E-state index in [0.717, 1.165) is 45.7 Å². The Balaban J connectivity index is 1.15. The fourth-order valence-corrected chi connectivity index (χ4v) is 3.96. The molecule has 0 bridgehead atoms. The molecule has 0 saturated carbocycles. The molecule has 4 nitrogen and oxygen atoms in total. The van der Waals surface area contributed by atoms with Gasteiger partial charge >= 0.3 is 0 Å². The van der Waals surface area contributed by atoms with Gasteiger partial charge in [0.2, 0.25) is 5.91 Å². The van der Waals surface area contributed by atoms with Crippen molar-refractivity contribution in [3.05, 3.63) is 78.4 Å². The van der Waals surface area contributed by atoms with Crippen LogP contribution in [0.1, 0.15) is 12.0 Å². The van der Waals surface area contributed by atoms with Crippen LogP contribution >= 0.6 is 0 Å². The number of nitrogens with zero attached hydrogens (tertiary/aromatic N) is 2. The lowest BCUT2D eigenvalue weighted by Gasteiger charge is -2.36. The molecule has 3 aromatic rings. The molecule has 1 aliphatic heterocycles. The highest BCUT2D eigenvalue weighted by molar-refractivity contribution is 5.83. The normalized spacial score (nSPS) is 14.8. The van der Waals surface area contributed by atoms with Gasteiger partial charge in [0.05, 0.1) is 0 Å². The molecule has 0 aliphatic carbocycles. The molecule has 1 N–H and O–H groups in total. The van der Waals surface area contributed by atoms with Gasteiger partial charge in [-0.05, 0) is 34.9 Å². The zero-order chi connectivity index (χ0) is 19.9. The van der Waals surface area contributed by atoms with Crippen LogP contribution in [0.15, 0.2) is 72.8 Å². The van der Waals surface area contributed by atoms with Gasteiger partial charge in [-0.25, -0.2) is 0 Å². The standard InChI is InChI=1S/C25H29N3O/c29-25(13-11-21-10-12-22-6-4-5-7-23(22)20-21)26-14-15-27-16-18-28(19-17-27)24-8-2-1-3-9-24/h1-10,12,20H,11,13-19H2,(H,26,29). The van der Waals surface area contributed by atoms with E-state index < -0.39 is 0 Å². The first-order valence-corrected chi connectivity index (χ1v) is 10.5. The van der Waals surface area contributed by atoms with Gasteiger partial charge in [0.1, 0.15) is 0 Å². The maximum absolute atomic E-state index is 12.2. The molecule has 1 heterocycles. The second-order valence-corrected chi connectivity index (χ2v) is 7.70. The monoisotopic (exact) mass is 387 g/mol. The number of carbonyl (C=O) groups excluding carboxylic acids is 1. The highest BCUT2D eigenvalue weighted by atomic mass is 16.1. The molecule has 0 spiro atoms. The van der Waals surface area contributed by atoms with Crippen molar-refractivity contribution in [3.8, 4) is 0 Å². The highest BCUT2D eigenvalue weighted by Gasteiger charge is 2.16. The highest BCUT2D eigenvalue weighted by Crippen LogP contribution is 2.17. The van der Waals surface area contributed by atoms with Gasteiger partial charge in [-0.2, -0.15) is 0 Å². The summed E-state index contributed by atoms with van der Waals surface area (Å²) in [7, 11) is 0. The van der Waals surface area contributed by atoms with E-state index in [-0.39, 0.29) is 5.91 Å². The number of nitrogens with one attached hydrogen (secondary N) is 1. The van der Waals surface area contributed by atoms with Crippen LogP contribution in [0.3, 0.4) is 0 Å². The van der Waals surface area contributed by atoms with Crippen molar-refractivity contribution >= 4 is 22.4 Å². The molecular weight excluding hydrogens is 358 g/mol. The van der Waals surface area contributed by atoms with Crippen molar-refractivity contribution in [1.82, 2.24) is 10.2 Å². The van der Waals surface area contributed by atoms with Gasteiger partial charge in [-0.1, -0.05) is 60.7 Å². The summed E-state index contributed by atoms with van der Waals surface area (Å²) in [4.78, 5) is 17.1. The van der Waals surface area contributed by atoms with Crippen LogP contribution in [0, 0.1) is 0 Å². The summed E-state index contributed by atoms with van der Waals surface area (Å²) in [5.41, 5.74) is 2.52. The molecule has 29 heavy (non-hydrogen) atoms. The van der Waals surface area contributed by atoms with Crippen molar-refractivity contribution in [2.24, 2.45) is 0 Å². The number of piperazine rings is 1. The minimum atomic E-state index is 0.140. The lowest BCUT2D eigenvalue weighted by atomic mass is 10.0. The first kappa shape index (κ1) is 19.5. The van der Waals surface area contributed by atoms with E-state index in [1.807, 2.05) is 0 Å².